The molecule has 0 radical (unpaired) electrons. The average molecular weight is 564 g/mol. The lowest BCUT2D eigenvalue weighted by Gasteiger charge is -2.27. The van der Waals surface area contributed by atoms with E-state index < -0.39 is 4.92 Å². The SMILES string of the molecule is COc1ccc(CCN(CCCN(C(=O)c2ccc([N+](=O)[O-])cc2)c2ccc(OC)c(OC)c2)C2CC2)cc1OC. The van der Waals surface area contributed by atoms with Crippen molar-refractivity contribution in [1.29, 1.82) is 0 Å². The Bertz CT molecular complexity index is 1340. The summed E-state index contributed by atoms with van der Waals surface area (Å²) in [5.41, 5.74) is 2.15. The van der Waals surface area contributed by atoms with E-state index in [9.17, 15) is 14.9 Å². The van der Waals surface area contributed by atoms with Gasteiger partial charge in [-0.05, 0) is 67.6 Å². The van der Waals surface area contributed by atoms with E-state index in [0.717, 1.165) is 31.7 Å². The number of nitrogens with zero attached hydrogens (tertiary/aromatic N) is 3. The number of methoxy groups -OCH3 is 4. The minimum atomic E-state index is -0.477. The summed E-state index contributed by atoms with van der Waals surface area (Å²) >= 11 is 0. The van der Waals surface area contributed by atoms with Gasteiger partial charge in [0.2, 0.25) is 0 Å². The Morgan fingerprint density at radius 2 is 1.41 bits per heavy atom. The molecule has 1 amide bonds. The molecular formula is C31H37N3O7. The second kappa shape index (κ2) is 13.8. The average Bonchev–Trinajstić information content (AvgIpc) is 3.85. The van der Waals surface area contributed by atoms with Crippen molar-refractivity contribution in [3.8, 4) is 23.0 Å². The fourth-order valence-corrected chi connectivity index (χ4v) is 4.88. The monoisotopic (exact) mass is 563 g/mol. The quantitative estimate of drug-likeness (QED) is 0.180. The van der Waals surface area contributed by atoms with Crippen molar-refractivity contribution in [2.24, 2.45) is 0 Å². The number of carbonyl (C=O) groups excluding carboxylic acids is 1. The molecule has 0 spiro atoms. The molecule has 0 aromatic heterocycles. The number of non-ortho nitro benzene ring substituents is 1. The highest BCUT2D eigenvalue weighted by Gasteiger charge is 2.29. The topological polar surface area (TPSA) is 104 Å². The molecule has 3 aromatic rings. The van der Waals surface area contributed by atoms with E-state index in [0.29, 0.717) is 41.1 Å². The molecule has 0 N–H and O–H groups in total. The normalized spacial score (nSPS) is 12.6. The van der Waals surface area contributed by atoms with Crippen LogP contribution in [-0.2, 0) is 6.42 Å². The van der Waals surface area contributed by atoms with Crippen LogP contribution in [0.3, 0.4) is 0 Å². The zero-order valence-electron chi connectivity index (χ0n) is 24.0. The zero-order chi connectivity index (χ0) is 29.4. The van der Waals surface area contributed by atoms with Gasteiger partial charge in [-0.25, -0.2) is 0 Å². The predicted octanol–water partition coefficient (Wildman–Crippen LogP) is 5.37. The summed E-state index contributed by atoms with van der Waals surface area (Å²) in [6, 6.07) is 17.6. The highest BCUT2D eigenvalue weighted by molar-refractivity contribution is 6.06. The maximum absolute atomic E-state index is 13.7. The lowest BCUT2D eigenvalue weighted by Crippen LogP contribution is -2.36. The molecule has 1 fully saturated rings. The Morgan fingerprint density at radius 1 is 0.805 bits per heavy atom. The molecule has 0 aliphatic heterocycles. The highest BCUT2D eigenvalue weighted by atomic mass is 16.6. The first-order valence-electron chi connectivity index (χ1n) is 13.6. The summed E-state index contributed by atoms with van der Waals surface area (Å²) in [6.07, 6.45) is 3.97. The number of hydrogen-bond donors (Lipinski definition) is 0. The number of nitro benzene ring substituents is 1. The third kappa shape index (κ3) is 7.46. The molecule has 1 aliphatic carbocycles. The Kier molecular flexibility index (Phi) is 10.0. The molecule has 0 atom stereocenters. The van der Waals surface area contributed by atoms with E-state index in [4.69, 9.17) is 18.9 Å². The summed E-state index contributed by atoms with van der Waals surface area (Å²) < 4.78 is 21.7. The molecule has 3 aromatic carbocycles. The number of benzene rings is 3. The number of hydrogen-bond acceptors (Lipinski definition) is 8. The number of ether oxygens (including phenoxy) is 4. The van der Waals surface area contributed by atoms with Crippen LogP contribution in [0.2, 0.25) is 0 Å². The largest absolute Gasteiger partial charge is 0.493 e. The van der Waals surface area contributed by atoms with Crippen molar-refractivity contribution in [3.63, 3.8) is 0 Å². The molecule has 1 saturated carbocycles. The third-order valence-corrected chi connectivity index (χ3v) is 7.27. The molecule has 0 saturated heterocycles. The van der Waals surface area contributed by atoms with E-state index in [-0.39, 0.29) is 11.6 Å². The van der Waals surface area contributed by atoms with Crippen molar-refractivity contribution in [2.45, 2.75) is 31.7 Å². The van der Waals surface area contributed by atoms with Gasteiger partial charge in [-0.3, -0.25) is 19.8 Å². The molecule has 1 aliphatic rings. The predicted molar refractivity (Wildman–Crippen MR) is 157 cm³/mol. The Hall–Kier alpha value is -4.31. The van der Waals surface area contributed by atoms with Gasteiger partial charge in [-0.15, -0.1) is 0 Å². The molecule has 0 bridgehead atoms. The molecular weight excluding hydrogens is 526 g/mol. The van der Waals surface area contributed by atoms with Crippen LogP contribution in [0.25, 0.3) is 0 Å². The molecule has 0 heterocycles. The third-order valence-electron chi connectivity index (χ3n) is 7.27. The van der Waals surface area contributed by atoms with E-state index in [1.807, 2.05) is 18.2 Å². The van der Waals surface area contributed by atoms with Crippen LogP contribution in [0.1, 0.15) is 35.2 Å². The number of amides is 1. The zero-order valence-corrected chi connectivity index (χ0v) is 24.0. The first kappa shape index (κ1) is 29.7. The fraction of sp³-hybridized carbons (Fsp3) is 0.387. The summed E-state index contributed by atoms with van der Waals surface area (Å²) in [4.78, 5) is 28.5. The van der Waals surface area contributed by atoms with Gasteiger partial charge in [0.15, 0.2) is 23.0 Å². The minimum Gasteiger partial charge on any atom is -0.493 e. The maximum atomic E-state index is 13.7. The summed E-state index contributed by atoms with van der Waals surface area (Å²) in [7, 11) is 6.38. The van der Waals surface area contributed by atoms with E-state index in [1.54, 1.807) is 45.5 Å². The summed E-state index contributed by atoms with van der Waals surface area (Å²) in [6.45, 7) is 2.19. The Balaban J connectivity index is 1.48. The van der Waals surface area contributed by atoms with E-state index in [2.05, 4.69) is 11.0 Å². The van der Waals surface area contributed by atoms with Crippen molar-refractivity contribution in [1.82, 2.24) is 4.90 Å². The van der Waals surface area contributed by atoms with Gasteiger partial charge >= 0.3 is 0 Å². The fourth-order valence-electron chi connectivity index (χ4n) is 4.88. The summed E-state index contributed by atoms with van der Waals surface area (Å²) in [5.74, 6) is 2.27. The standard InChI is InChI=1S/C31H37N3O7/c1-38-27-14-6-22(20-29(27)40-3)16-19-32(24-11-12-24)17-5-18-33(26-13-15-28(39-2)30(21-26)41-4)31(35)23-7-9-25(10-8-23)34(36)37/h6-10,13-15,20-21,24H,5,11-12,16-19H2,1-4H3. The van der Waals surface area contributed by atoms with Crippen molar-refractivity contribution >= 4 is 17.3 Å². The van der Waals surface area contributed by atoms with Crippen LogP contribution in [0.5, 0.6) is 23.0 Å². The summed E-state index contributed by atoms with van der Waals surface area (Å²) in [5, 5.41) is 11.1. The first-order chi connectivity index (χ1) is 19.9. The number of nitro groups is 1. The van der Waals surface area contributed by atoms with Gasteiger partial charge in [0.1, 0.15) is 0 Å². The maximum Gasteiger partial charge on any atom is 0.269 e. The molecule has 4 rings (SSSR count). The molecule has 10 heteroatoms. The van der Waals surface area contributed by atoms with Gasteiger partial charge in [-0.1, -0.05) is 6.07 Å². The Morgan fingerprint density at radius 3 is 2.00 bits per heavy atom. The molecule has 218 valence electrons. The lowest BCUT2D eigenvalue weighted by molar-refractivity contribution is -0.384. The van der Waals surface area contributed by atoms with Crippen LogP contribution < -0.4 is 23.8 Å². The van der Waals surface area contributed by atoms with Gasteiger partial charge in [0, 0.05) is 55.1 Å². The highest BCUT2D eigenvalue weighted by Crippen LogP contribution is 2.33. The number of anilines is 1. The van der Waals surface area contributed by atoms with Gasteiger partial charge in [0.25, 0.3) is 11.6 Å². The second-order valence-electron chi connectivity index (χ2n) is 9.86. The van der Waals surface area contributed by atoms with Crippen molar-refractivity contribution < 1.29 is 28.7 Å². The van der Waals surface area contributed by atoms with Gasteiger partial charge in [0.05, 0.1) is 33.4 Å². The van der Waals surface area contributed by atoms with Crippen LogP contribution in [0.15, 0.2) is 60.7 Å². The smallest absolute Gasteiger partial charge is 0.269 e. The number of rotatable bonds is 15. The van der Waals surface area contributed by atoms with Gasteiger partial charge < -0.3 is 23.8 Å². The van der Waals surface area contributed by atoms with Crippen LogP contribution in [-0.4, -0.2) is 69.8 Å². The van der Waals surface area contributed by atoms with Crippen molar-refractivity contribution in [2.75, 3.05) is 53.0 Å². The van der Waals surface area contributed by atoms with Crippen LogP contribution in [0.4, 0.5) is 11.4 Å². The van der Waals surface area contributed by atoms with E-state index in [1.165, 1.54) is 42.7 Å². The van der Waals surface area contributed by atoms with Gasteiger partial charge in [-0.2, -0.15) is 0 Å². The minimum absolute atomic E-state index is 0.0613. The molecule has 41 heavy (non-hydrogen) atoms. The first-order valence-corrected chi connectivity index (χ1v) is 13.6. The lowest BCUT2D eigenvalue weighted by atomic mass is 10.1. The van der Waals surface area contributed by atoms with Crippen molar-refractivity contribution in [3.05, 3.63) is 81.9 Å². The molecule has 0 unspecified atom stereocenters. The van der Waals surface area contributed by atoms with Crippen LogP contribution in [0, 0.1) is 10.1 Å². The Labute approximate surface area is 240 Å². The van der Waals surface area contributed by atoms with Crippen LogP contribution >= 0.6 is 0 Å². The number of carbonyl (C=O) groups is 1. The molecule has 10 nitrogen and oxygen atoms in total. The van der Waals surface area contributed by atoms with E-state index >= 15 is 0 Å². The second-order valence-corrected chi connectivity index (χ2v) is 9.86.